The Morgan fingerprint density at radius 3 is 2.05 bits per heavy atom. The third kappa shape index (κ3) is 8.60. The van der Waals surface area contributed by atoms with Crippen LogP contribution in [0.2, 0.25) is 0 Å². The van der Waals surface area contributed by atoms with Crippen LogP contribution >= 0.6 is 0 Å². The van der Waals surface area contributed by atoms with Crippen LogP contribution in [0.5, 0.6) is 0 Å². The first kappa shape index (κ1) is 27.1. The smallest absolute Gasteiger partial charge is 0.331 e. The molecule has 10 nitrogen and oxygen atoms in total. The van der Waals surface area contributed by atoms with Gasteiger partial charge in [0.25, 0.3) is 5.91 Å². The largest absolute Gasteiger partial charge is 0.449 e. The Labute approximate surface area is 214 Å². The first-order valence-electron chi connectivity index (χ1n) is 11.1. The number of carbonyl (C=O) groups is 3. The zero-order valence-corrected chi connectivity index (χ0v) is 20.9. The molecule has 0 aliphatic carbocycles. The summed E-state index contributed by atoms with van der Waals surface area (Å²) < 4.78 is 28.2. The topological polar surface area (TPSA) is 157 Å². The number of amides is 2. The fraction of sp³-hybridized carbons (Fsp3) is 0.115. The number of rotatable bonds is 9. The molecule has 37 heavy (non-hydrogen) atoms. The Balaban J connectivity index is 1.51. The molecule has 1 unspecified atom stereocenters. The zero-order chi connectivity index (χ0) is 27.0. The van der Waals surface area contributed by atoms with Gasteiger partial charge in [-0.15, -0.1) is 0 Å². The highest BCUT2D eigenvalue weighted by molar-refractivity contribution is 7.89. The minimum Gasteiger partial charge on any atom is -0.449 e. The van der Waals surface area contributed by atoms with Crippen molar-refractivity contribution in [1.29, 1.82) is 0 Å². The van der Waals surface area contributed by atoms with Gasteiger partial charge < -0.3 is 20.7 Å². The van der Waals surface area contributed by atoms with Crippen molar-refractivity contribution in [3.63, 3.8) is 0 Å². The Bertz CT molecular complexity index is 1420. The van der Waals surface area contributed by atoms with E-state index in [1.165, 1.54) is 32.1 Å². The van der Waals surface area contributed by atoms with E-state index in [4.69, 9.17) is 9.88 Å². The molecule has 0 bridgehead atoms. The van der Waals surface area contributed by atoms with Crippen LogP contribution in [0, 0.1) is 0 Å². The van der Waals surface area contributed by atoms with Gasteiger partial charge in [0.2, 0.25) is 15.9 Å². The van der Waals surface area contributed by atoms with Gasteiger partial charge in [0.05, 0.1) is 4.90 Å². The summed E-state index contributed by atoms with van der Waals surface area (Å²) >= 11 is 0. The van der Waals surface area contributed by atoms with Crippen LogP contribution in [0.1, 0.15) is 19.4 Å². The fourth-order valence-corrected chi connectivity index (χ4v) is 3.67. The van der Waals surface area contributed by atoms with Crippen molar-refractivity contribution in [3.8, 4) is 0 Å². The number of benzene rings is 3. The average molecular weight is 523 g/mol. The summed E-state index contributed by atoms with van der Waals surface area (Å²) in [4.78, 5) is 35.5. The quantitative estimate of drug-likeness (QED) is 0.247. The van der Waals surface area contributed by atoms with E-state index >= 15 is 0 Å². The number of sulfonamides is 1. The summed E-state index contributed by atoms with van der Waals surface area (Å²) in [7, 11) is -3.81. The normalized spacial score (nSPS) is 12.0. The third-order valence-electron chi connectivity index (χ3n) is 4.91. The number of nitrogens with one attached hydrogen (secondary N) is 3. The Kier molecular flexibility index (Phi) is 8.77. The van der Waals surface area contributed by atoms with Gasteiger partial charge in [-0.3, -0.25) is 9.59 Å². The molecule has 5 N–H and O–H groups in total. The molecule has 3 aromatic carbocycles. The Hall–Kier alpha value is -4.48. The SMILES string of the molecule is CC(=O)Nc1ccc(NC(=O)C(C)OC(=O)/C=C/c2ccc(Nc3cccc(S(N)(=O)=O)c3)cc2)cc1. The maximum absolute atomic E-state index is 12.3. The van der Waals surface area contributed by atoms with Gasteiger partial charge in [-0.2, -0.15) is 0 Å². The highest BCUT2D eigenvalue weighted by Gasteiger charge is 2.16. The molecule has 0 fully saturated rings. The number of esters is 1. The second kappa shape index (κ2) is 12.0. The molecule has 2 amide bonds. The molecule has 0 spiro atoms. The van der Waals surface area contributed by atoms with Gasteiger partial charge in [-0.05, 0) is 73.2 Å². The predicted molar refractivity (Wildman–Crippen MR) is 142 cm³/mol. The maximum Gasteiger partial charge on any atom is 0.331 e. The third-order valence-corrected chi connectivity index (χ3v) is 5.82. The summed E-state index contributed by atoms with van der Waals surface area (Å²) in [5, 5.41) is 13.5. The predicted octanol–water partition coefficient (Wildman–Crippen LogP) is 3.62. The summed E-state index contributed by atoms with van der Waals surface area (Å²) in [5.74, 6) is -1.40. The number of ether oxygens (including phenoxy) is 1. The van der Waals surface area contributed by atoms with Gasteiger partial charge in [-0.1, -0.05) is 18.2 Å². The molecule has 0 aliphatic rings. The molecule has 0 aromatic heterocycles. The lowest BCUT2D eigenvalue weighted by atomic mass is 10.2. The van der Waals surface area contributed by atoms with Crippen LogP contribution in [-0.2, 0) is 29.1 Å². The molecule has 0 saturated carbocycles. The Morgan fingerprint density at radius 1 is 0.865 bits per heavy atom. The summed E-state index contributed by atoms with van der Waals surface area (Å²) in [5.41, 5.74) is 3.03. The second-order valence-electron chi connectivity index (χ2n) is 7.98. The lowest BCUT2D eigenvalue weighted by Gasteiger charge is -2.13. The van der Waals surface area contributed by atoms with Crippen LogP contribution in [0.15, 0.2) is 83.8 Å². The van der Waals surface area contributed by atoms with Crippen molar-refractivity contribution >= 4 is 56.6 Å². The van der Waals surface area contributed by atoms with E-state index < -0.39 is 28.0 Å². The molecule has 3 rings (SSSR count). The number of carbonyl (C=O) groups excluding carboxylic acids is 3. The van der Waals surface area contributed by atoms with E-state index in [0.29, 0.717) is 28.3 Å². The highest BCUT2D eigenvalue weighted by Crippen LogP contribution is 2.20. The lowest BCUT2D eigenvalue weighted by Crippen LogP contribution is -2.29. The van der Waals surface area contributed by atoms with E-state index in [0.717, 1.165) is 0 Å². The molecule has 11 heteroatoms. The zero-order valence-electron chi connectivity index (χ0n) is 20.1. The van der Waals surface area contributed by atoms with Crippen molar-refractivity contribution in [2.75, 3.05) is 16.0 Å². The molecule has 0 aliphatic heterocycles. The molecule has 0 radical (unpaired) electrons. The van der Waals surface area contributed by atoms with Crippen LogP contribution in [0.25, 0.3) is 6.08 Å². The fourth-order valence-electron chi connectivity index (χ4n) is 3.11. The van der Waals surface area contributed by atoms with Crippen molar-refractivity contribution in [2.45, 2.75) is 24.8 Å². The van der Waals surface area contributed by atoms with Gasteiger partial charge in [0.1, 0.15) is 0 Å². The van der Waals surface area contributed by atoms with Gasteiger partial charge in [0.15, 0.2) is 6.10 Å². The van der Waals surface area contributed by atoms with Crippen molar-refractivity contribution < 1.29 is 27.5 Å². The number of hydrogen-bond acceptors (Lipinski definition) is 7. The minimum atomic E-state index is -3.81. The number of primary sulfonamides is 1. The average Bonchev–Trinajstić information content (AvgIpc) is 2.84. The first-order valence-corrected chi connectivity index (χ1v) is 12.6. The van der Waals surface area contributed by atoms with E-state index in [-0.39, 0.29) is 10.8 Å². The van der Waals surface area contributed by atoms with Gasteiger partial charge >= 0.3 is 5.97 Å². The minimum absolute atomic E-state index is 0.00153. The summed E-state index contributed by atoms with van der Waals surface area (Å²) in [6.07, 6.45) is 1.72. The molecular weight excluding hydrogens is 496 g/mol. The summed E-state index contributed by atoms with van der Waals surface area (Å²) in [6.45, 7) is 2.85. The Morgan fingerprint density at radius 2 is 1.46 bits per heavy atom. The van der Waals surface area contributed by atoms with E-state index in [9.17, 15) is 22.8 Å². The monoisotopic (exact) mass is 522 g/mol. The first-order chi connectivity index (χ1) is 17.5. The van der Waals surface area contributed by atoms with E-state index in [1.54, 1.807) is 66.7 Å². The van der Waals surface area contributed by atoms with Crippen molar-refractivity contribution in [3.05, 3.63) is 84.4 Å². The van der Waals surface area contributed by atoms with Crippen molar-refractivity contribution in [2.24, 2.45) is 5.14 Å². The number of nitrogens with two attached hydrogens (primary N) is 1. The highest BCUT2D eigenvalue weighted by atomic mass is 32.2. The molecule has 0 heterocycles. The van der Waals surface area contributed by atoms with Crippen LogP contribution < -0.4 is 21.1 Å². The second-order valence-corrected chi connectivity index (χ2v) is 9.54. The summed E-state index contributed by atoms with van der Waals surface area (Å²) in [6, 6.07) is 19.6. The lowest BCUT2D eigenvalue weighted by molar-refractivity contribution is -0.148. The molecule has 3 aromatic rings. The molecular formula is C26H26N4O6S. The number of hydrogen-bond donors (Lipinski definition) is 4. The molecule has 1 atom stereocenters. The van der Waals surface area contributed by atoms with E-state index in [2.05, 4.69) is 16.0 Å². The number of anilines is 4. The van der Waals surface area contributed by atoms with Crippen LogP contribution in [-0.4, -0.2) is 32.3 Å². The van der Waals surface area contributed by atoms with Crippen LogP contribution in [0.3, 0.4) is 0 Å². The molecule has 0 saturated heterocycles. The maximum atomic E-state index is 12.3. The van der Waals surface area contributed by atoms with E-state index in [1.807, 2.05) is 0 Å². The van der Waals surface area contributed by atoms with Crippen molar-refractivity contribution in [1.82, 2.24) is 0 Å². The standard InChI is InChI=1S/C26H26N4O6S/c1-17(26(33)30-22-13-11-20(12-14-22)28-18(2)31)36-25(32)15-8-19-6-9-21(10-7-19)29-23-4-3-5-24(16-23)37(27,34)35/h3-17,29H,1-2H3,(H,28,31)(H,30,33)(H2,27,34,35)/b15-8+. The van der Waals surface area contributed by atoms with Gasteiger partial charge in [-0.25, -0.2) is 18.4 Å². The van der Waals surface area contributed by atoms with Gasteiger partial charge in [0, 0.05) is 35.7 Å². The molecule has 192 valence electrons. The van der Waals surface area contributed by atoms with Crippen LogP contribution in [0.4, 0.5) is 22.7 Å².